The monoisotopic (exact) mass is 262 g/mol. The van der Waals surface area contributed by atoms with E-state index in [1.54, 1.807) is 0 Å². The van der Waals surface area contributed by atoms with Crippen molar-refractivity contribution in [3.05, 3.63) is 23.1 Å². The van der Waals surface area contributed by atoms with Crippen LogP contribution in [0.15, 0.2) is 18.3 Å². The summed E-state index contributed by atoms with van der Waals surface area (Å²) in [6, 6.07) is 3.97. The van der Waals surface area contributed by atoms with Crippen molar-refractivity contribution in [1.29, 1.82) is 0 Å². The van der Waals surface area contributed by atoms with Gasteiger partial charge in [0.1, 0.15) is 0 Å². The molecule has 1 atom stereocenters. The molecule has 96 valence electrons. The lowest BCUT2D eigenvalue weighted by molar-refractivity contribution is 0.195. The molecule has 2 aromatic heterocycles. The van der Waals surface area contributed by atoms with E-state index in [4.69, 9.17) is 12.2 Å². The second-order valence-corrected chi connectivity index (χ2v) is 5.57. The van der Waals surface area contributed by atoms with Gasteiger partial charge < -0.3 is 14.5 Å². The molecule has 0 radical (unpaired) electrons. The summed E-state index contributed by atoms with van der Waals surface area (Å²) in [5, 5.41) is 0. The molecule has 0 saturated carbocycles. The number of likely N-dealkylation sites (tertiary alicyclic amines) is 1. The van der Waals surface area contributed by atoms with Crippen LogP contribution < -0.4 is 0 Å². The molecular formula is C13H18N4S. The van der Waals surface area contributed by atoms with Crippen LogP contribution in [0.5, 0.6) is 0 Å². The maximum Gasteiger partial charge on any atom is 0.179 e. The number of fused-ring (bicyclic) bond motifs is 1. The molecule has 0 spiro atoms. The predicted octanol–water partition coefficient (Wildman–Crippen LogP) is 2.44. The van der Waals surface area contributed by atoms with E-state index in [1.165, 1.54) is 19.4 Å². The molecule has 2 aromatic rings. The maximum absolute atomic E-state index is 5.40. The highest BCUT2D eigenvalue weighted by atomic mass is 32.1. The first-order valence-corrected chi connectivity index (χ1v) is 6.87. The van der Waals surface area contributed by atoms with Crippen LogP contribution in [0.25, 0.3) is 11.2 Å². The van der Waals surface area contributed by atoms with Gasteiger partial charge in [-0.25, -0.2) is 4.98 Å². The summed E-state index contributed by atoms with van der Waals surface area (Å²) in [7, 11) is 2.19. The molecule has 0 aromatic carbocycles. The molecule has 1 aliphatic heterocycles. The van der Waals surface area contributed by atoms with Gasteiger partial charge in [0.2, 0.25) is 0 Å². The smallest absolute Gasteiger partial charge is 0.179 e. The van der Waals surface area contributed by atoms with Crippen molar-refractivity contribution in [2.45, 2.75) is 19.4 Å². The van der Waals surface area contributed by atoms with Crippen molar-refractivity contribution < 1.29 is 0 Å². The zero-order valence-electron chi connectivity index (χ0n) is 10.6. The molecular weight excluding hydrogens is 244 g/mol. The Bertz CT molecular complexity index is 600. The van der Waals surface area contributed by atoms with Gasteiger partial charge in [-0.05, 0) is 56.7 Å². The first-order chi connectivity index (χ1) is 8.74. The lowest BCUT2D eigenvalue weighted by Gasteiger charge is -2.29. The fourth-order valence-electron chi connectivity index (χ4n) is 2.84. The number of hydrogen-bond acceptors (Lipinski definition) is 3. The number of rotatable bonds is 2. The third-order valence-electron chi connectivity index (χ3n) is 3.69. The van der Waals surface area contributed by atoms with Gasteiger partial charge in [0, 0.05) is 19.3 Å². The largest absolute Gasteiger partial charge is 0.329 e. The number of hydrogen-bond donors (Lipinski definition) is 1. The van der Waals surface area contributed by atoms with Crippen LogP contribution in [0.2, 0.25) is 0 Å². The van der Waals surface area contributed by atoms with Crippen molar-refractivity contribution in [2.75, 3.05) is 20.1 Å². The van der Waals surface area contributed by atoms with E-state index in [0.717, 1.165) is 29.0 Å². The number of nitrogens with zero attached hydrogens (tertiary/aromatic N) is 3. The van der Waals surface area contributed by atoms with Gasteiger partial charge >= 0.3 is 0 Å². The van der Waals surface area contributed by atoms with E-state index < -0.39 is 0 Å². The van der Waals surface area contributed by atoms with Crippen LogP contribution in [-0.4, -0.2) is 39.6 Å². The molecule has 4 nitrogen and oxygen atoms in total. The third kappa shape index (κ3) is 2.20. The number of imidazole rings is 1. The Balaban J connectivity index is 1.90. The molecule has 1 fully saturated rings. The Labute approximate surface area is 112 Å². The van der Waals surface area contributed by atoms with E-state index in [-0.39, 0.29) is 0 Å². The molecule has 0 amide bonds. The molecule has 1 aliphatic rings. The molecule has 0 aliphatic carbocycles. The quantitative estimate of drug-likeness (QED) is 0.845. The summed E-state index contributed by atoms with van der Waals surface area (Å²) in [6.07, 6.45) is 4.39. The molecule has 18 heavy (non-hydrogen) atoms. The molecule has 0 bridgehead atoms. The van der Waals surface area contributed by atoms with E-state index in [2.05, 4.69) is 26.5 Å². The van der Waals surface area contributed by atoms with E-state index >= 15 is 0 Å². The minimum absolute atomic E-state index is 0.677. The van der Waals surface area contributed by atoms with Crippen LogP contribution >= 0.6 is 12.2 Å². The average molecular weight is 262 g/mol. The number of aromatic amines is 1. The average Bonchev–Trinajstić information content (AvgIpc) is 2.66. The lowest BCUT2D eigenvalue weighted by atomic mass is 9.98. The number of pyridine rings is 1. The molecule has 1 N–H and O–H groups in total. The van der Waals surface area contributed by atoms with Gasteiger partial charge in [0.25, 0.3) is 0 Å². The van der Waals surface area contributed by atoms with Crippen LogP contribution in [-0.2, 0) is 6.54 Å². The second-order valence-electron chi connectivity index (χ2n) is 5.19. The highest BCUT2D eigenvalue weighted by Crippen LogP contribution is 2.19. The topological polar surface area (TPSA) is 36.9 Å². The SMILES string of the molecule is CN1CCCC(Cn2c(=S)[nH]c3cccnc32)C1. The summed E-state index contributed by atoms with van der Waals surface area (Å²) in [4.78, 5) is 10.1. The molecule has 5 heteroatoms. The first kappa shape index (κ1) is 11.9. The highest BCUT2D eigenvalue weighted by molar-refractivity contribution is 7.71. The third-order valence-corrected chi connectivity index (χ3v) is 4.01. The van der Waals surface area contributed by atoms with Crippen LogP contribution in [0.4, 0.5) is 0 Å². The molecule has 1 unspecified atom stereocenters. The van der Waals surface area contributed by atoms with Gasteiger partial charge in [0.15, 0.2) is 10.4 Å². The number of H-pyrrole nitrogens is 1. The van der Waals surface area contributed by atoms with Crippen molar-refractivity contribution >= 4 is 23.4 Å². The summed E-state index contributed by atoms with van der Waals surface area (Å²) in [5.41, 5.74) is 2.02. The first-order valence-electron chi connectivity index (χ1n) is 6.46. The Morgan fingerprint density at radius 1 is 1.56 bits per heavy atom. The van der Waals surface area contributed by atoms with E-state index in [9.17, 15) is 0 Å². The van der Waals surface area contributed by atoms with Crippen molar-refractivity contribution in [2.24, 2.45) is 5.92 Å². The second kappa shape index (κ2) is 4.82. The van der Waals surface area contributed by atoms with Gasteiger partial charge in [-0.1, -0.05) is 0 Å². The van der Waals surface area contributed by atoms with Gasteiger partial charge in [0.05, 0.1) is 5.52 Å². The standard InChI is InChI=1S/C13H18N4S/c1-16-7-3-4-10(8-16)9-17-12-11(15-13(17)18)5-2-6-14-12/h2,5-6,10H,3-4,7-9H2,1H3,(H,15,18). The number of piperidine rings is 1. The van der Waals surface area contributed by atoms with Crippen molar-refractivity contribution in [3.63, 3.8) is 0 Å². The van der Waals surface area contributed by atoms with Gasteiger partial charge in [-0.3, -0.25) is 0 Å². The summed E-state index contributed by atoms with van der Waals surface area (Å²) in [5.74, 6) is 0.677. The Kier molecular flexibility index (Phi) is 3.18. The van der Waals surface area contributed by atoms with Crippen LogP contribution in [0, 0.1) is 10.7 Å². The summed E-state index contributed by atoms with van der Waals surface area (Å²) >= 11 is 5.40. The van der Waals surface area contributed by atoms with Crippen LogP contribution in [0.3, 0.4) is 0 Å². The summed E-state index contributed by atoms with van der Waals surface area (Å²) in [6.45, 7) is 3.34. The van der Waals surface area contributed by atoms with Crippen LogP contribution in [0.1, 0.15) is 12.8 Å². The minimum Gasteiger partial charge on any atom is -0.329 e. The fourth-order valence-corrected chi connectivity index (χ4v) is 3.11. The maximum atomic E-state index is 5.40. The highest BCUT2D eigenvalue weighted by Gasteiger charge is 2.19. The zero-order valence-corrected chi connectivity index (χ0v) is 11.4. The predicted molar refractivity (Wildman–Crippen MR) is 75.1 cm³/mol. The lowest BCUT2D eigenvalue weighted by Crippen LogP contribution is -2.34. The Hall–Kier alpha value is -1.20. The van der Waals surface area contributed by atoms with Gasteiger partial charge in [-0.2, -0.15) is 0 Å². The normalized spacial score (nSPS) is 21.5. The fraction of sp³-hybridized carbons (Fsp3) is 0.538. The minimum atomic E-state index is 0.677. The summed E-state index contributed by atoms with van der Waals surface area (Å²) < 4.78 is 2.94. The zero-order chi connectivity index (χ0) is 12.5. The van der Waals surface area contributed by atoms with E-state index in [1.807, 2.05) is 18.3 Å². The Morgan fingerprint density at radius 3 is 3.28 bits per heavy atom. The van der Waals surface area contributed by atoms with Crippen molar-refractivity contribution in [1.82, 2.24) is 19.4 Å². The van der Waals surface area contributed by atoms with Crippen molar-refractivity contribution in [3.8, 4) is 0 Å². The number of nitrogens with one attached hydrogen (secondary N) is 1. The molecule has 3 heterocycles. The van der Waals surface area contributed by atoms with Gasteiger partial charge in [-0.15, -0.1) is 0 Å². The Morgan fingerprint density at radius 2 is 2.44 bits per heavy atom. The molecule has 3 rings (SSSR count). The number of aromatic nitrogens is 3. The van der Waals surface area contributed by atoms with E-state index in [0.29, 0.717) is 5.92 Å². The molecule has 1 saturated heterocycles.